The number of nitrogens with zero attached hydrogens (tertiary/aromatic N) is 1. The summed E-state index contributed by atoms with van der Waals surface area (Å²) in [6.45, 7) is 0.261. The van der Waals surface area contributed by atoms with Gasteiger partial charge in [-0.15, -0.1) is 0 Å². The fourth-order valence-electron chi connectivity index (χ4n) is 1.05. The van der Waals surface area contributed by atoms with Gasteiger partial charge in [0, 0.05) is 32.2 Å². The smallest absolute Gasteiger partial charge is 0.328 e. The minimum atomic E-state index is -1.28. The predicted molar refractivity (Wildman–Crippen MR) is 64.2 cm³/mol. The minimum Gasteiger partial charge on any atom is -0.478 e. The number of carboxylic acids is 1. The zero-order valence-electron chi connectivity index (χ0n) is 10.7. The highest BCUT2D eigenvalue weighted by Gasteiger charge is 2.11. The van der Waals surface area contributed by atoms with Crippen molar-refractivity contribution in [2.75, 3.05) is 20.7 Å². The van der Waals surface area contributed by atoms with E-state index in [4.69, 9.17) is 5.11 Å². The molecule has 0 unspecified atom stereocenters. The number of hydrogen-bond donors (Lipinski definition) is 2. The average Bonchev–Trinajstić information content (AvgIpc) is 2.35. The number of aliphatic carboxylic acids is 1. The van der Waals surface area contributed by atoms with E-state index in [9.17, 15) is 19.2 Å². The molecule has 3 amide bonds. The lowest BCUT2D eigenvalue weighted by molar-refractivity contribution is -0.140. The van der Waals surface area contributed by atoms with Gasteiger partial charge in [0.25, 0.3) is 5.91 Å². The quantitative estimate of drug-likeness (QED) is 0.509. The predicted octanol–water partition coefficient (Wildman–Crippen LogP) is -0.252. The van der Waals surface area contributed by atoms with E-state index in [1.165, 1.54) is 19.1 Å². The summed E-state index contributed by atoms with van der Waals surface area (Å²) in [4.78, 5) is 44.7. The van der Waals surface area contributed by atoms with Gasteiger partial charge in [0.05, 0.1) is 7.11 Å². The highest BCUT2D eigenvalue weighted by Crippen LogP contribution is 1.95. The number of carbonyl (C=O) groups is 4. The van der Waals surface area contributed by atoms with Crippen molar-refractivity contribution in [3.63, 3.8) is 0 Å². The Labute approximate surface area is 110 Å². The Kier molecular flexibility index (Phi) is 7.59. The molecule has 0 fully saturated rings. The Morgan fingerprint density at radius 3 is 2.42 bits per heavy atom. The molecule has 2 N–H and O–H groups in total. The zero-order valence-corrected chi connectivity index (χ0v) is 10.7. The second kappa shape index (κ2) is 8.67. The highest BCUT2D eigenvalue weighted by molar-refractivity contribution is 6.02. The van der Waals surface area contributed by atoms with E-state index in [1.54, 1.807) is 0 Å². The molecule has 0 aromatic carbocycles. The molecule has 0 saturated carbocycles. The van der Waals surface area contributed by atoms with Gasteiger partial charge in [0.2, 0.25) is 0 Å². The summed E-state index contributed by atoms with van der Waals surface area (Å²) in [6, 6.07) is -0.676. The second-order valence-corrected chi connectivity index (χ2v) is 3.57. The number of urea groups is 1. The standard InChI is InChI=1S/C11H16N2O6/c1-13(7-3-4-10(17)19-2)11(18)12-8(14)5-6-9(15)16/h5-6H,3-4,7H2,1-2H3,(H,15,16)(H,12,14,18)/b6-5+. The third-order valence-electron chi connectivity index (χ3n) is 2.06. The van der Waals surface area contributed by atoms with Crippen LogP contribution in [0, 0.1) is 0 Å². The molecule has 0 aliphatic carbocycles. The molecule has 0 rings (SSSR count). The first-order valence-corrected chi connectivity index (χ1v) is 5.40. The van der Waals surface area contributed by atoms with Crippen LogP contribution >= 0.6 is 0 Å². The Morgan fingerprint density at radius 1 is 1.26 bits per heavy atom. The van der Waals surface area contributed by atoms with Crippen molar-refractivity contribution in [1.82, 2.24) is 10.2 Å². The van der Waals surface area contributed by atoms with Crippen LogP contribution in [0.1, 0.15) is 12.8 Å². The zero-order chi connectivity index (χ0) is 14.8. The van der Waals surface area contributed by atoms with E-state index in [0.29, 0.717) is 12.5 Å². The molecular formula is C11H16N2O6. The van der Waals surface area contributed by atoms with E-state index >= 15 is 0 Å². The number of amides is 3. The number of hydrogen-bond acceptors (Lipinski definition) is 5. The van der Waals surface area contributed by atoms with Crippen LogP contribution in [0.3, 0.4) is 0 Å². The van der Waals surface area contributed by atoms with Crippen molar-refractivity contribution in [1.29, 1.82) is 0 Å². The lowest BCUT2D eigenvalue weighted by Gasteiger charge is -2.16. The molecule has 8 heteroatoms. The van der Waals surface area contributed by atoms with Crippen molar-refractivity contribution in [2.45, 2.75) is 12.8 Å². The van der Waals surface area contributed by atoms with Crippen LogP contribution in [-0.4, -0.2) is 54.6 Å². The summed E-state index contributed by atoms with van der Waals surface area (Å²) in [7, 11) is 2.72. The van der Waals surface area contributed by atoms with Crippen LogP contribution in [0.15, 0.2) is 12.2 Å². The van der Waals surface area contributed by atoms with Gasteiger partial charge in [-0.25, -0.2) is 9.59 Å². The van der Waals surface area contributed by atoms with Crippen molar-refractivity contribution in [3.05, 3.63) is 12.2 Å². The van der Waals surface area contributed by atoms with Gasteiger partial charge in [-0.2, -0.15) is 0 Å². The Hall–Kier alpha value is -2.38. The number of ether oxygens (including phenoxy) is 1. The molecule has 106 valence electrons. The minimum absolute atomic E-state index is 0.168. The molecule has 0 saturated heterocycles. The number of carbonyl (C=O) groups excluding carboxylic acids is 3. The lowest BCUT2D eigenvalue weighted by atomic mass is 10.3. The van der Waals surface area contributed by atoms with Crippen LogP contribution in [0.25, 0.3) is 0 Å². The maximum Gasteiger partial charge on any atom is 0.328 e. The van der Waals surface area contributed by atoms with Crippen molar-refractivity contribution >= 4 is 23.9 Å². The fraction of sp³-hybridized carbons (Fsp3) is 0.455. The number of rotatable bonds is 6. The van der Waals surface area contributed by atoms with E-state index < -0.39 is 17.9 Å². The van der Waals surface area contributed by atoms with Gasteiger partial charge >= 0.3 is 18.0 Å². The van der Waals surface area contributed by atoms with Crippen molar-refractivity contribution in [3.8, 4) is 0 Å². The molecule has 0 spiro atoms. The van der Waals surface area contributed by atoms with Gasteiger partial charge in [0.15, 0.2) is 0 Å². The Balaban J connectivity index is 4.03. The van der Waals surface area contributed by atoms with E-state index in [-0.39, 0.29) is 18.9 Å². The van der Waals surface area contributed by atoms with Crippen LogP contribution in [-0.2, 0) is 19.1 Å². The summed E-state index contributed by atoms with van der Waals surface area (Å²) in [5.74, 6) is -2.49. The van der Waals surface area contributed by atoms with Crippen LogP contribution in [0.4, 0.5) is 4.79 Å². The van der Waals surface area contributed by atoms with Gasteiger partial charge in [0.1, 0.15) is 0 Å². The highest BCUT2D eigenvalue weighted by atomic mass is 16.5. The summed E-state index contributed by atoms with van der Waals surface area (Å²) in [5.41, 5.74) is 0. The van der Waals surface area contributed by atoms with E-state index in [2.05, 4.69) is 4.74 Å². The molecule has 19 heavy (non-hydrogen) atoms. The molecule has 0 bridgehead atoms. The van der Waals surface area contributed by atoms with Gasteiger partial charge < -0.3 is 14.7 Å². The molecule has 0 aromatic heterocycles. The normalized spacial score (nSPS) is 10.0. The third-order valence-corrected chi connectivity index (χ3v) is 2.06. The van der Waals surface area contributed by atoms with Crippen LogP contribution in [0.5, 0.6) is 0 Å². The summed E-state index contributed by atoms with van der Waals surface area (Å²) < 4.78 is 4.43. The molecular weight excluding hydrogens is 256 g/mol. The maximum atomic E-state index is 11.4. The summed E-state index contributed by atoms with van der Waals surface area (Å²) in [5, 5.41) is 10.3. The SMILES string of the molecule is COC(=O)CCCN(C)C(=O)NC(=O)/C=C/C(=O)O. The molecule has 0 aliphatic heterocycles. The van der Waals surface area contributed by atoms with Crippen molar-refractivity contribution < 1.29 is 29.0 Å². The topological polar surface area (TPSA) is 113 Å². The average molecular weight is 272 g/mol. The molecule has 0 aliphatic rings. The number of esters is 1. The van der Waals surface area contributed by atoms with Gasteiger partial charge in [-0.1, -0.05) is 0 Å². The first-order chi connectivity index (χ1) is 8.86. The molecule has 8 nitrogen and oxygen atoms in total. The Bertz CT molecular complexity index is 391. The first kappa shape index (κ1) is 16.6. The maximum absolute atomic E-state index is 11.4. The number of methoxy groups -OCH3 is 1. The Morgan fingerprint density at radius 2 is 1.89 bits per heavy atom. The van der Waals surface area contributed by atoms with Crippen LogP contribution in [0.2, 0.25) is 0 Å². The number of nitrogens with one attached hydrogen (secondary N) is 1. The van der Waals surface area contributed by atoms with E-state index in [0.717, 1.165) is 6.08 Å². The number of carboxylic acid groups (broad SMARTS) is 1. The summed E-state index contributed by atoms with van der Waals surface area (Å²) >= 11 is 0. The van der Waals surface area contributed by atoms with Crippen molar-refractivity contribution in [2.24, 2.45) is 0 Å². The molecule has 0 aromatic rings. The molecule has 0 heterocycles. The monoisotopic (exact) mass is 272 g/mol. The summed E-state index contributed by atoms with van der Waals surface area (Å²) in [6.07, 6.45) is 1.93. The third kappa shape index (κ3) is 8.36. The molecule has 0 radical (unpaired) electrons. The molecule has 0 atom stereocenters. The van der Waals surface area contributed by atoms with E-state index in [1.807, 2.05) is 5.32 Å². The fourth-order valence-corrected chi connectivity index (χ4v) is 1.05. The van der Waals surface area contributed by atoms with Gasteiger partial charge in [-0.05, 0) is 6.42 Å². The lowest BCUT2D eigenvalue weighted by Crippen LogP contribution is -2.40. The van der Waals surface area contributed by atoms with Gasteiger partial charge in [-0.3, -0.25) is 14.9 Å². The first-order valence-electron chi connectivity index (χ1n) is 5.40. The largest absolute Gasteiger partial charge is 0.478 e. The number of imide groups is 1. The second-order valence-electron chi connectivity index (χ2n) is 3.57. The van der Waals surface area contributed by atoms with Crippen LogP contribution < -0.4 is 5.32 Å².